The lowest BCUT2D eigenvalue weighted by molar-refractivity contribution is -0.143. The molecule has 37 heavy (non-hydrogen) atoms. The minimum atomic E-state index is -1.01. The molecule has 182 valence electrons. The summed E-state index contributed by atoms with van der Waals surface area (Å²) in [5.41, 5.74) is 2.98. The number of ketones is 2. The largest absolute Gasteiger partial charge is 0.507 e. The van der Waals surface area contributed by atoms with E-state index in [9.17, 15) is 24.6 Å². The minimum Gasteiger partial charge on any atom is -0.507 e. The number of carbonyl (C=O) groups excluding carboxylic acids is 3. The summed E-state index contributed by atoms with van der Waals surface area (Å²) < 4.78 is 5.83. The van der Waals surface area contributed by atoms with E-state index in [2.05, 4.69) is 4.98 Å². The number of para-hydroxylation sites is 1. The van der Waals surface area contributed by atoms with Crippen LogP contribution >= 0.6 is 0 Å². The molecule has 8 nitrogen and oxygen atoms in total. The van der Waals surface area contributed by atoms with Crippen LogP contribution in [0.1, 0.15) is 49.2 Å². The van der Waals surface area contributed by atoms with Gasteiger partial charge in [0.25, 0.3) is 0 Å². The number of phenolic OH excluding ortho intramolecular Hbond substituents is 2. The second-order valence-electron chi connectivity index (χ2n) is 9.61. The van der Waals surface area contributed by atoms with Gasteiger partial charge >= 0.3 is 5.97 Å². The molecule has 0 amide bonds. The third-order valence-corrected chi connectivity index (χ3v) is 7.44. The topological polar surface area (TPSA) is 120 Å². The van der Waals surface area contributed by atoms with E-state index in [4.69, 9.17) is 4.74 Å². The molecule has 8 heteroatoms. The number of hydrogen-bond donors (Lipinski definition) is 3. The molecule has 1 aliphatic carbocycles. The minimum absolute atomic E-state index is 0.00840. The molecule has 2 atom stereocenters. The molecule has 3 aliphatic rings. The molecule has 0 spiro atoms. The number of aromatic hydroxyl groups is 2. The van der Waals surface area contributed by atoms with Gasteiger partial charge in [0.1, 0.15) is 23.2 Å². The fraction of sp³-hybridized carbons (Fsp3) is 0.138. The van der Waals surface area contributed by atoms with Crippen LogP contribution in [0, 0.1) is 6.92 Å². The third-order valence-electron chi connectivity index (χ3n) is 7.44. The Kier molecular flexibility index (Phi) is 4.25. The van der Waals surface area contributed by atoms with E-state index in [1.165, 1.54) is 24.3 Å². The van der Waals surface area contributed by atoms with E-state index in [0.717, 1.165) is 16.5 Å². The van der Waals surface area contributed by atoms with Crippen LogP contribution < -0.4 is 0 Å². The van der Waals surface area contributed by atoms with Crippen LogP contribution in [-0.2, 0) is 16.0 Å². The average Bonchev–Trinajstić information content (AvgIpc) is 3.43. The Balaban J connectivity index is 1.47. The summed E-state index contributed by atoms with van der Waals surface area (Å²) in [5.74, 6) is -2.15. The fourth-order valence-corrected chi connectivity index (χ4v) is 5.88. The maximum Gasteiger partial charge on any atom is 0.331 e. The molecule has 1 fully saturated rings. The van der Waals surface area contributed by atoms with Crippen molar-refractivity contribution in [2.45, 2.75) is 25.6 Å². The molecule has 1 aromatic heterocycles. The van der Waals surface area contributed by atoms with Crippen molar-refractivity contribution in [1.29, 1.82) is 0 Å². The summed E-state index contributed by atoms with van der Waals surface area (Å²) in [5, 5.41) is 22.4. The third kappa shape index (κ3) is 2.80. The fourth-order valence-electron chi connectivity index (χ4n) is 5.88. The Bertz CT molecular complexity index is 1750. The molecule has 4 aromatic rings. The Morgan fingerprint density at radius 1 is 0.946 bits per heavy atom. The number of phenols is 2. The molecule has 0 saturated carbocycles. The van der Waals surface area contributed by atoms with E-state index < -0.39 is 29.8 Å². The average molecular weight is 492 g/mol. The van der Waals surface area contributed by atoms with E-state index >= 15 is 0 Å². The normalized spacial score (nSPS) is 20.0. The second kappa shape index (κ2) is 7.33. The standard InChI is InChI=1S/C29H20N2O6/c1-13-9-17-22(21(33)10-13)24-25(27(35)23-16(26(24)34)6-4-8-20(23)32)31-19(29(36)37-28(17)31)11-14-12-30-18-7-3-2-5-15(14)18/h2-10,12,19,28,30,32-33H,11H2,1H3/t19-,28-/m0/s1. The number of hydrogen-bond acceptors (Lipinski definition) is 7. The molecule has 7 rings (SSSR count). The van der Waals surface area contributed by atoms with E-state index in [1.807, 2.05) is 30.5 Å². The smallest absolute Gasteiger partial charge is 0.331 e. The van der Waals surface area contributed by atoms with Crippen LogP contribution in [0.4, 0.5) is 0 Å². The molecule has 3 aromatic carbocycles. The highest BCUT2D eigenvalue weighted by Gasteiger charge is 2.53. The first-order chi connectivity index (χ1) is 17.8. The van der Waals surface area contributed by atoms with Crippen molar-refractivity contribution in [3.63, 3.8) is 0 Å². The van der Waals surface area contributed by atoms with Crippen LogP contribution in [0.5, 0.6) is 11.5 Å². The van der Waals surface area contributed by atoms with Crippen LogP contribution in [0.15, 0.2) is 66.5 Å². The maximum absolute atomic E-state index is 13.9. The van der Waals surface area contributed by atoms with Crippen molar-refractivity contribution in [3.05, 3.63) is 99.9 Å². The van der Waals surface area contributed by atoms with Gasteiger partial charge in [0.2, 0.25) is 12.0 Å². The van der Waals surface area contributed by atoms with Crippen molar-refractivity contribution >= 4 is 34.0 Å². The summed E-state index contributed by atoms with van der Waals surface area (Å²) in [6.45, 7) is 1.79. The van der Waals surface area contributed by atoms with E-state index in [1.54, 1.807) is 17.9 Å². The highest BCUT2D eigenvalue weighted by atomic mass is 16.6. The van der Waals surface area contributed by atoms with Crippen molar-refractivity contribution in [1.82, 2.24) is 9.88 Å². The highest BCUT2D eigenvalue weighted by Crippen LogP contribution is 2.52. The zero-order valence-electron chi connectivity index (χ0n) is 19.6. The predicted octanol–water partition coefficient (Wildman–Crippen LogP) is 4.16. The monoisotopic (exact) mass is 492 g/mol. The summed E-state index contributed by atoms with van der Waals surface area (Å²) in [4.78, 5) is 45.9. The molecule has 1 saturated heterocycles. The van der Waals surface area contributed by atoms with E-state index in [0.29, 0.717) is 11.1 Å². The number of fused-ring (bicyclic) bond motifs is 7. The number of aryl methyl sites for hydroxylation is 1. The van der Waals surface area contributed by atoms with Crippen molar-refractivity contribution in [2.24, 2.45) is 0 Å². The van der Waals surface area contributed by atoms with Gasteiger partial charge in [-0.1, -0.05) is 30.3 Å². The number of allylic oxidation sites excluding steroid dienone is 2. The zero-order valence-corrected chi connectivity index (χ0v) is 19.6. The van der Waals surface area contributed by atoms with Gasteiger partial charge in [-0.3, -0.25) is 9.59 Å². The Hall–Kier alpha value is -4.85. The lowest BCUT2D eigenvalue weighted by Crippen LogP contribution is -2.43. The van der Waals surface area contributed by atoms with Crippen LogP contribution in [-0.4, -0.2) is 43.7 Å². The van der Waals surface area contributed by atoms with E-state index in [-0.39, 0.29) is 45.9 Å². The van der Waals surface area contributed by atoms with Gasteiger partial charge in [-0.2, -0.15) is 0 Å². The van der Waals surface area contributed by atoms with Gasteiger partial charge in [-0.25, -0.2) is 4.79 Å². The number of aromatic amines is 1. The number of rotatable bonds is 2. The van der Waals surface area contributed by atoms with Crippen molar-refractivity contribution in [3.8, 4) is 11.5 Å². The number of ether oxygens (including phenoxy) is 1. The number of carbonyl (C=O) groups is 3. The first-order valence-corrected chi connectivity index (χ1v) is 11.9. The summed E-state index contributed by atoms with van der Waals surface area (Å²) in [6.07, 6.45) is 1.04. The summed E-state index contributed by atoms with van der Waals surface area (Å²) in [6, 6.07) is 14.4. The van der Waals surface area contributed by atoms with Gasteiger partial charge in [0.15, 0.2) is 5.78 Å². The lowest BCUT2D eigenvalue weighted by Gasteiger charge is -2.38. The summed E-state index contributed by atoms with van der Waals surface area (Å²) in [7, 11) is 0. The summed E-state index contributed by atoms with van der Waals surface area (Å²) >= 11 is 0. The molecule has 0 radical (unpaired) electrons. The Morgan fingerprint density at radius 3 is 2.59 bits per heavy atom. The SMILES string of the molecule is Cc1cc(O)c2c(c1)[C@@H]1OC(=O)[C@H](Cc3c[nH]c4ccccc34)N1C1=C2C(=O)c2cccc(O)c2C1=O. The molecule has 0 unspecified atom stereocenters. The number of H-pyrrole nitrogens is 1. The molecule has 0 bridgehead atoms. The van der Waals surface area contributed by atoms with Crippen molar-refractivity contribution < 1.29 is 29.3 Å². The number of aromatic nitrogens is 1. The quantitative estimate of drug-likeness (QED) is 0.360. The van der Waals surface area contributed by atoms with Crippen LogP contribution in [0.3, 0.4) is 0 Å². The van der Waals surface area contributed by atoms with Gasteiger partial charge < -0.3 is 24.8 Å². The molecular weight excluding hydrogens is 472 g/mol. The number of benzene rings is 3. The highest BCUT2D eigenvalue weighted by molar-refractivity contribution is 6.41. The molecule has 2 aliphatic heterocycles. The first-order valence-electron chi connectivity index (χ1n) is 11.9. The Labute approximate surface area is 210 Å². The maximum atomic E-state index is 13.9. The first kappa shape index (κ1) is 21.4. The van der Waals surface area contributed by atoms with Crippen LogP contribution in [0.2, 0.25) is 0 Å². The van der Waals surface area contributed by atoms with Gasteiger partial charge in [-0.15, -0.1) is 0 Å². The van der Waals surface area contributed by atoms with Gasteiger partial charge in [0.05, 0.1) is 11.1 Å². The van der Waals surface area contributed by atoms with Crippen LogP contribution in [0.25, 0.3) is 16.5 Å². The zero-order chi connectivity index (χ0) is 25.6. The number of Topliss-reactive ketones (excluding diaryl/α,β-unsaturated/α-hetero) is 2. The van der Waals surface area contributed by atoms with Crippen molar-refractivity contribution in [2.75, 3.05) is 0 Å². The lowest BCUT2D eigenvalue weighted by atomic mass is 9.78. The number of nitrogens with zero attached hydrogens (tertiary/aromatic N) is 1. The Morgan fingerprint density at radius 2 is 1.76 bits per heavy atom. The molecule has 3 N–H and O–H groups in total. The van der Waals surface area contributed by atoms with Gasteiger partial charge in [0, 0.05) is 40.2 Å². The second-order valence-corrected chi connectivity index (χ2v) is 9.61. The number of nitrogens with one attached hydrogen (secondary N) is 1. The molecular formula is C29H20N2O6. The predicted molar refractivity (Wildman–Crippen MR) is 133 cm³/mol. The van der Waals surface area contributed by atoms with Gasteiger partial charge in [-0.05, 0) is 42.3 Å². The number of esters is 1. The molecule has 3 heterocycles.